The monoisotopic (exact) mass is 328 g/mol. The molecule has 8 heteroatoms. The molecule has 3 rings (SSSR count). The molecule has 1 unspecified atom stereocenters. The number of carbonyl (C=O) groups excluding carboxylic acids is 1. The largest absolute Gasteiger partial charge is 0.490 e. The third-order valence-corrected chi connectivity index (χ3v) is 3.83. The first-order valence-electron chi connectivity index (χ1n) is 7.17. The zero-order valence-electron chi connectivity index (χ0n) is 12.2. The number of halogens is 3. The molecule has 124 valence electrons. The van der Waals surface area contributed by atoms with E-state index in [9.17, 15) is 18.0 Å². The van der Waals surface area contributed by atoms with Gasteiger partial charge in [0.1, 0.15) is 12.4 Å². The Kier molecular flexibility index (Phi) is 3.79. The van der Waals surface area contributed by atoms with E-state index >= 15 is 0 Å². The van der Waals surface area contributed by atoms with Crippen molar-refractivity contribution < 1.29 is 27.8 Å². The summed E-state index contributed by atoms with van der Waals surface area (Å²) in [6, 6.07) is 3.68. The van der Waals surface area contributed by atoms with Crippen molar-refractivity contribution in [2.45, 2.75) is 25.6 Å². The van der Waals surface area contributed by atoms with Crippen molar-refractivity contribution in [3.8, 4) is 5.75 Å². The van der Waals surface area contributed by atoms with Crippen LogP contribution in [-0.2, 0) is 11.0 Å². The summed E-state index contributed by atoms with van der Waals surface area (Å²) in [5.41, 5.74) is 2.19. The number of carbonyl (C=O) groups is 1. The lowest BCUT2D eigenvalue weighted by Crippen LogP contribution is -2.29. The van der Waals surface area contributed by atoms with Gasteiger partial charge in [-0.2, -0.15) is 18.3 Å². The number of nitrogens with zero attached hydrogens (tertiary/aromatic N) is 1. The number of aliphatic hydroxyl groups excluding tert-OH is 1. The predicted octanol–water partition coefficient (Wildman–Crippen LogP) is 1.93. The van der Waals surface area contributed by atoms with Crippen molar-refractivity contribution in [3.63, 3.8) is 0 Å². The predicted molar refractivity (Wildman–Crippen MR) is 74.9 cm³/mol. The third-order valence-electron chi connectivity index (χ3n) is 3.83. The zero-order valence-corrected chi connectivity index (χ0v) is 12.2. The Morgan fingerprint density at radius 2 is 2.17 bits per heavy atom. The molecule has 0 aromatic heterocycles. The zero-order chi connectivity index (χ0) is 16.8. The van der Waals surface area contributed by atoms with Gasteiger partial charge in [0.25, 0.3) is 0 Å². The molecule has 0 saturated heterocycles. The maximum Gasteiger partial charge on any atom is 0.419 e. The first-order valence-corrected chi connectivity index (χ1v) is 7.17. The molecular weight excluding hydrogens is 313 g/mol. The number of aliphatic hydroxyl groups is 1. The van der Waals surface area contributed by atoms with Gasteiger partial charge in [0.05, 0.1) is 17.4 Å². The van der Waals surface area contributed by atoms with E-state index in [1.165, 1.54) is 19.1 Å². The molecule has 5 nitrogen and oxygen atoms in total. The molecule has 1 aliphatic heterocycles. The van der Waals surface area contributed by atoms with Crippen molar-refractivity contribution in [3.05, 3.63) is 29.3 Å². The molecule has 0 bridgehead atoms. The second-order valence-electron chi connectivity index (χ2n) is 5.79. The van der Waals surface area contributed by atoms with E-state index in [0.717, 1.165) is 6.07 Å². The second-order valence-corrected chi connectivity index (χ2v) is 5.79. The number of fused-ring (bicyclic) bond motifs is 1. The van der Waals surface area contributed by atoms with E-state index in [2.05, 4.69) is 10.5 Å². The average Bonchev–Trinajstić information content (AvgIpc) is 3.26. The molecule has 1 aromatic rings. The molecule has 0 spiro atoms. The number of amides is 1. The molecule has 23 heavy (non-hydrogen) atoms. The Morgan fingerprint density at radius 3 is 2.83 bits per heavy atom. The molecule has 1 aliphatic carbocycles. The number of hydrogen-bond acceptors (Lipinski definition) is 4. The molecule has 1 aromatic carbocycles. The number of benzene rings is 1. The van der Waals surface area contributed by atoms with Crippen LogP contribution in [0.5, 0.6) is 5.75 Å². The van der Waals surface area contributed by atoms with E-state index in [1.54, 1.807) is 0 Å². The van der Waals surface area contributed by atoms with Crippen molar-refractivity contribution in [2.75, 3.05) is 6.61 Å². The Labute approximate surface area is 130 Å². The highest BCUT2D eigenvalue weighted by Gasteiger charge is 2.49. The van der Waals surface area contributed by atoms with Crippen LogP contribution in [0.3, 0.4) is 0 Å². The van der Waals surface area contributed by atoms with E-state index in [0.29, 0.717) is 17.7 Å². The minimum absolute atomic E-state index is 0.117. The third kappa shape index (κ3) is 3.17. The van der Waals surface area contributed by atoms with Gasteiger partial charge < -0.3 is 9.84 Å². The van der Waals surface area contributed by atoms with Crippen LogP contribution in [-0.4, -0.2) is 29.4 Å². The maximum absolute atomic E-state index is 13.2. The Hall–Kier alpha value is -2.09. The number of nitrogens with one attached hydrogen (secondary N) is 1. The van der Waals surface area contributed by atoms with E-state index in [1.807, 2.05) is 0 Å². The fourth-order valence-corrected chi connectivity index (χ4v) is 2.59. The SMILES string of the molecule is CC(O)COc1ccc(C2=NNC(=O)[C@H]3C[C@@H]23)cc1C(F)(F)F. The second kappa shape index (κ2) is 5.52. The van der Waals surface area contributed by atoms with Crippen LogP contribution in [0.4, 0.5) is 13.2 Å². The summed E-state index contributed by atoms with van der Waals surface area (Å²) in [6.07, 6.45) is -4.86. The van der Waals surface area contributed by atoms with Crippen LogP contribution >= 0.6 is 0 Å². The first-order chi connectivity index (χ1) is 10.8. The quantitative estimate of drug-likeness (QED) is 0.887. The number of hydrazone groups is 1. The smallest absolute Gasteiger partial charge is 0.419 e. The molecule has 1 heterocycles. The maximum atomic E-state index is 13.2. The van der Waals surface area contributed by atoms with Crippen molar-refractivity contribution in [2.24, 2.45) is 16.9 Å². The molecule has 3 atom stereocenters. The minimum Gasteiger partial charge on any atom is -0.490 e. The number of alkyl halides is 3. The summed E-state index contributed by atoms with van der Waals surface area (Å²) in [5.74, 6) is -0.835. The minimum atomic E-state index is -4.59. The number of ether oxygens (including phenoxy) is 1. The van der Waals surface area contributed by atoms with Gasteiger partial charge in [0, 0.05) is 11.8 Å². The van der Waals surface area contributed by atoms with Gasteiger partial charge in [-0.25, -0.2) is 5.43 Å². The molecule has 1 fully saturated rings. The van der Waals surface area contributed by atoms with Crippen LogP contribution in [0.15, 0.2) is 23.3 Å². The molecule has 1 amide bonds. The lowest BCUT2D eigenvalue weighted by molar-refractivity contribution is -0.139. The van der Waals surface area contributed by atoms with Gasteiger partial charge in [-0.05, 0) is 37.1 Å². The number of hydrogen-bond donors (Lipinski definition) is 2. The van der Waals surface area contributed by atoms with Crippen LogP contribution in [0.2, 0.25) is 0 Å². The summed E-state index contributed by atoms with van der Waals surface area (Å²) in [4.78, 5) is 11.4. The molecule has 2 N–H and O–H groups in total. The lowest BCUT2D eigenvalue weighted by Gasteiger charge is -2.18. The van der Waals surface area contributed by atoms with Gasteiger partial charge in [-0.15, -0.1) is 0 Å². The standard InChI is InChI=1S/C15H15F3N2O3/c1-7(21)6-23-12-3-2-8(4-11(12)15(16,17)18)13-9-5-10(9)14(22)20-19-13/h2-4,7,9-10,21H,5-6H2,1H3,(H,20,22)/t7?,9-,10+/m1/s1. The van der Waals surface area contributed by atoms with Gasteiger partial charge >= 0.3 is 6.18 Å². The summed E-state index contributed by atoms with van der Waals surface area (Å²) in [6.45, 7) is 1.19. The van der Waals surface area contributed by atoms with Crippen LogP contribution in [0, 0.1) is 11.8 Å². The van der Waals surface area contributed by atoms with Crippen LogP contribution < -0.4 is 10.2 Å². The fraction of sp³-hybridized carbons (Fsp3) is 0.467. The van der Waals surface area contributed by atoms with E-state index < -0.39 is 17.8 Å². The molecular formula is C15H15F3N2O3. The summed E-state index contributed by atoms with van der Waals surface area (Å²) in [7, 11) is 0. The Bertz CT molecular complexity index is 670. The van der Waals surface area contributed by atoms with Gasteiger partial charge in [-0.3, -0.25) is 4.79 Å². The summed E-state index contributed by atoms with van der Waals surface area (Å²) >= 11 is 0. The fourth-order valence-electron chi connectivity index (χ4n) is 2.59. The average molecular weight is 328 g/mol. The van der Waals surface area contributed by atoms with E-state index in [-0.39, 0.29) is 30.1 Å². The van der Waals surface area contributed by atoms with Gasteiger partial charge in [-0.1, -0.05) is 0 Å². The first kappa shape index (κ1) is 15.8. The van der Waals surface area contributed by atoms with Gasteiger partial charge in [0.2, 0.25) is 5.91 Å². The topological polar surface area (TPSA) is 70.9 Å². The normalized spacial score (nSPS) is 24.4. The van der Waals surface area contributed by atoms with Gasteiger partial charge in [0.15, 0.2) is 0 Å². The highest BCUT2D eigenvalue weighted by Crippen LogP contribution is 2.44. The number of rotatable bonds is 4. The molecule has 0 radical (unpaired) electrons. The molecule has 1 saturated carbocycles. The van der Waals surface area contributed by atoms with Crippen molar-refractivity contribution >= 4 is 11.6 Å². The van der Waals surface area contributed by atoms with Crippen LogP contribution in [0.1, 0.15) is 24.5 Å². The Morgan fingerprint density at radius 1 is 1.43 bits per heavy atom. The van der Waals surface area contributed by atoms with Crippen molar-refractivity contribution in [1.29, 1.82) is 0 Å². The summed E-state index contributed by atoms with van der Waals surface area (Å²) in [5, 5.41) is 13.1. The highest BCUT2D eigenvalue weighted by atomic mass is 19.4. The Balaban J connectivity index is 1.93. The molecule has 2 aliphatic rings. The van der Waals surface area contributed by atoms with Crippen molar-refractivity contribution in [1.82, 2.24) is 5.43 Å². The summed E-state index contributed by atoms with van der Waals surface area (Å²) < 4.78 is 44.8. The highest BCUT2D eigenvalue weighted by molar-refractivity contribution is 6.09. The van der Waals surface area contributed by atoms with Crippen LogP contribution in [0.25, 0.3) is 0 Å². The van der Waals surface area contributed by atoms with E-state index in [4.69, 9.17) is 9.84 Å². The lowest BCUT2D eigenvalue weighted by atomic mass is 10.0.